The lowest BCUT2D eigenvalue weighted by Crippen LogP contribution is -2.36. The molecular weight excluding hydrogens is 424 g/mol. The van der Waals surface area contributed by atoms with Gasteiger partial charge < -0.3 is 24.6 Å². The average molecular weight is 465 g/mol. The summed E-state index contributed by atoms with van der Waals surface area (Å²) in [6.07, 6.45) is 3.21. The van der Waals surface area contributed by atoms with E-state index in [0.717, 1.165) is 56.4 Å². The molecule has 0 fully saturated rings. The summed E-state index contributed by atoms with van der Waals surface area (Å²) in [5, 5.41) is 3.31. The number of nitrogens with one attached hydrogen (secondary N) is 1. The van der Waals surface area contributed by atoms with Crippen molar-refractivity contribution in [3.05, 3.63) is 65.7 Å². The molecule has 0 amide bonds. The van der Waals surface area contributed by atoms with Gasteiger partial charge in [-0.25, -0.2) is 0 Å². The first-order valence-electron chi connectivity index (χ1n) is 12.3. The van der Waals surface area contributed by atoms with Crippen molar-refractivity contribution < 1.29 is 9.47 Å². The average Bonchev–Trinajstić information content (AvgIpc) is 3.32. The molecule has 0 saturated heterocycles. The van der Waals surface area contributed by atoms with Crippen molar-refractivity contribution in [1.82, 2.24) is 10.2 Å². The third-order valence-electron chi connectivity index (χ3n) is 6.20. The molecule has 1 aliphatic heterocycles. The van der Waals surface area contributed by atoms with Crippen molar-refractivity contribution in [1.29, 1.82) is 0 Å². The second-order valence-electron chi connectivity index (χ2n) is 8.81. The van der Waals surface area contributed by atoms with Gasteiger partial charge >= 0.3 is 0 Å². The first-order valence-corrected chi connectivity index (χ1v) is 12.3. The van der Waals surface area contributed by atoms with E-state index in [9.17, 15) is 0 Å². The Bertz CT molecular complexity index is 938. The maximum Gasteiger partial charge on any atom is 0.119 e. The summed E-state index contributed by atoms with van der Waals surface area (Å²) in [5.74, 6) is 1.72. The van der Waals surface area contributed by atoms with Crippen LogP contribution < -0.4 is 19.7 Å². The van der Waals surface area contributed by atoms with Gasteiger partial charge in [0, 0.05) is 43.5 Å². The van der Waals surface area contributed by atoms with E-state index in [1.54, 1.807) is 7.11 Å². The fraction of sp³-hybridized carbons (Fsp3) is 0.464. The summed E-state index contributed by atoms with van der Waals surface area (Å²) in [6, 6.07) is 17.1. The van der Waals surface area contributed by atoms with Crippen LogP contribution in [0.25, 0.3) is 0 Å². The van der Waals surface area contributed by atoms with Gasteiger partial charge in [0.2, 0.25) is 0 Å². The van der Waals surface area contributed by atoms with Gasteiger partial charge in [0.1, 0.15) is 11.5 Å². The summed E-state index contributed by atoms with van der Waals surface area (Å²) >= 11 is 0. The third kappa shape index (κ3) is 7.34. The minimum atomic E-state index is 0.466. The fourth-order valence-corrected chi connectivity index (χ4v) is 4.19. The molecule has 2 aromatic rings. The van der Waals surface area contributed by atoms with Crippen molar-refractivity contribution in [2.75, 3.05) is 65.4 Å². The Kier molecular flexibility index (Phi) is 9.98. The molecule has 0 bridgehead atoms. The molecule has 6 nitrogen and oxygen atoms in total. The number of benzene rings is 2. The molecule has 0 radical (unpaired) electrons. The molecule has 2 aromatic carbocycles. The minimum absolute atomic E-state index is 0.466. The van der Waals surface area contributed by atoms with Gasteiger partial charge in [-0.05, 0) is 76.3 Å². The van der Waals surface area contributed by atoms with E-state index >= 15 is 0 Å². The maximum absolute atomic E-state index is 5.89. The van der Waals surface area contributed by atoms with Crippen LogP contribution in [0.3, 0.4) is 0 Å². The van der Waals surface area contributed by atoms with E-state index in [2.05, 4.69) is 66.4 Å². The Balaban J connectivity index is 1.51. The van der Waals surface area contributed by atoms with Crippen molar-refractivity contribution in [2.45, 2.75) is 26.3 Å². The molecule has 0 aromatic heterocycles. The standard InChI is InChI=1S/C28H40N4O2/c1-6-32(18-7-19-34-27-14-12-26(33-5)13-15-27)25-10-8-23(9-11-25)28-24(16-17-30-28)21-31(4)20-22(2)29-3/h8-16,22,29H,6-7,17-21H2,1-5H3. The summed E-state index contributed by atoms with van der Waals surface area (Å²) in [6.45, 7) is 9.70. The summed E-state index contributed by atoms with van der Waals surface area (Å²) in [7, 11) is 5.85. The van der Waals surface area contributed by atoms with Gasteiger partial charge in [0.25, 0.3) is 0 Å². The van der Waals surface area contributed by atoms with Gasteiger partial charge in [0.05, 0.1) is 26.0 Å². The maximum atomic E-state index is 5.89. The molecular formula is C28H40N4O2. The van der Waals surface area contributed by atoms with Crippen LogP contribution in [0.2, 0.25) is 0 Å². The van der Waals surface area contributed by atoms with Crippen LogP contribution in [0.5, 0.6) is 11.5 Å². The van der Waals surface area contributed by atoms with E-state index in [4.69, 9.17) is 14.5 Å². The largest absolute Gasteiger partial charge is 0.497 e. The van der Waals surface area contributed by atoms with E-state index in [1.807, 2.05) is 31.3 Å². The van der Waals surface area contributed by atoms with Crippen LogP contribution in [0.4, 0.5) is 5.69 Å². The number of methoxy groups -OCH3 is 1. The Hall–Kier alpha value is -2.83. The number of hydrogen-bond donors (Lipinski definition) is 1. The Morgan fingerprint density at radius 2 is 1.76 bits per heavy atom. The minimum Gasteiger partial charge on any atom is -0.497 e. The van der Waals surface area contributed by atoms with Crippen molar-refractivity contribution in [2.24, 2.45) is 4.99 Å². The van der Waals surface area contributed by atoms with Gasteiger partial charge in [-0.1, -0.05) is 18.2 Å². The van der Waals surface area contributed by atoms with Gasteiger partial charge in [0.15, 0.2) is 0 Å². The molecule has 0 spiro atoms. The molecule has 0 saturated carbocycles. The molecule has 3 rings (SSSR count). The normalized spacial score (nSPS) is 14.1. The second-order valence-corrected chi connectivity index (χ2v) is 8.81. The summed E-state index contributed by atoms with van der Waals surface area (Å²) < 4.78 is 11.1. The molecule has 1 aliphatic rings. The highest BCUT2D eigenvalue weighted by atomic mass is 16.5. The van der Waals surface area contributed by atoms with Gasteiger partial charge in [-0.15, -0.1) is 0 Å². The molecule has 1 N–H and O–H groups in total. The highest BCUT2D eigenvalue weighted by Crippen LogP contribution is 2.21. The number of rotatable bonds is 14. The molecule has 34 heavy (non-hydrogen) atoms. The molecule has 6 heteroatoms. The number of nitrogens with zero attached hydrogens (tertiary/aromatic N) is 3. The molecule has 1 unspecified atom stereocenters. The third-order valence-corrected chi connectivity index (χ3v) is 6.20. The SMILES string of the molecule is CCN(CCCOc1ccc(OC)cc1)c1ccc(C2=NCC=C2CN(C)CC(C)NC)cc1. The Morgan fingerprint density at radius 3 is 2.41 bits per heavy atom. The fourth-order valence-electron chi connectivity index (χ4n) is 4.19. The van der Waals surface area contributed by atoms with Crippen LogP contribution in [-0.2, 0) is 0 Å². The van der Waals surface area contributed by atoms with Crippen molar-refractivity contribution in [3.63, 3.8) is 0 Å². The zero-order valence-corrected chi connectivity index (χ0v) is 21.4. The van der Waals surface area contributed by atoms with E-state index in [-0.39, 0.29) is 0 Å². The number of ether oxygens (including phenoxy) is 2. The van der Waals surface area contributed by atoms with Gasteiger partial charge in [-0.2, -0.15) is 0 Å². The van der Waals surface area contributed by atoms with Crippen LogP contribution in [0.15, 0.2) is 65.2 Å². The zero-order chi connectivity index (χ0) is 24.3. The van der Waals surface area contributed by atoms with E-state index in [0.29, 0.717) is 12.6 Å². The van der Waals surface area contributed by atoms with Crippen molar-refractivity contribution in [3.8, 4) is 11.5 Å². The molecule has 1 heterocycles. The van der Waals surface area contributed by atoms with Crippen LogP contribution in [0.1, 0.15) is 25.8 Å². The van der Waals surface area contributed by atoms with Crippen molar-refractivity contribution >= 4 is 11.4 Å². The Labute approximate surface area is 205 Å². The lowest BCUT2D eigenvalue weighted by Gasteiger charge is -2.24. The first-order chi connectivity index (χ1) is 16.5. The lowest BCUT2D eigenvalue weighted by atomic mass is 10.0. The Morgan fingerprint density at radius 1 is 1.06 bits per heavy atom. The molecule has 184 valence electrons. The number of aliphatic imine (C=N–C) groups is 1. The second kappa shape index (κ2) is 13.2. The summed E-state index contributed by atoms with van der Waals surface area (Å²) in [4.78, 5) is 9.52. The lowest BCUT2D eigenvalue weighted by molar-refractivity contribution is 0.311. The number of likely N-dealkylation sites (N-methyl/N-ethyl adjacent to an activating group) is 2. The quantitative estimate of drug-likeness (QED) is 0.424. The van der Waals surface area contributed by atoms with Crippen LogP contribution >= 0.6 is 0 Å². The van der Waals surface area contributed by atoms with Gasteiger partial charge in [-0.3, -0.25) is 4.99 Å². The highest BCUT2D eigenvalue weighted by Gasteiger charge is 2.17. The summed E-state index contributed by atoms with van der Waals surface area (Å²) in [5.41, 5.74) is 4.88. The monoisotopic (exact) mass is 464 g/mol. The first kappa shape index (κ1) is 25.8. The number of anilines is 1. The topological polar surface area (TPSA) is 49.3 Å². The van der Waals surface area contributed by atoms with Crippen LogP contribution in [0, 0.1) is 0 Å². The van der Waals surface area contributed by atoms with Crippen LogP contribution in [-0.4, -0.2) is 77.2 Å². The van der Waals surface area contributed by atoms with E-state index < -0.39 is 0 Å². The molecule has 1 atom stereocenters. The smallest absolute Gasteiger partial charge is 0.119 e. The predicted molar refractivity (Wildman–Crippen MR) is 143 cm³/mol. The molecule has 0 aliphatic carbocycles. The highest BCUT2D eigenvalue weighted by molar-refractivity contribution is 6.14. The zero-order valence-electron chi connectivity index (χ0n) is 21.4. The predicted octanol–water partition coefficient (Wildman–Crippen LogP) is 4.26. The number of hydrogen-bond acceptors (Lipinski definition) is 6. The van der Waals surface area contributed by atoms with E-state index in [1.165, 1.54) is 16.8 Å².